The van der Waals surface area contributed by atoms with Gasteiger partial charge in [0.1, 0.15) is 11.4 Å². The average Bonchev–Trinajstić information content (AvgIpc) is 3.34. The Labute approximate surface area is 180 Å². The lowest BCUT2D eigenvalue weighted by Crippen LogP contribution is -2.44. The van der Waals surface area contributed by atoms with Crippen molar-refractivity contribution < 1.29 is 14.6 Å². The number of benzene rings is 1. The lowest BCUT2D eigenvalue weighted by molar-refractivity contribution is -0.132. The highest BCUT2D eigenvalue weighted by atomic mass is 16.5. The van der Waals surface area contributed by atoms with E-state index in [0.29, 0.717) is 18.8 Å². The summed E-state index contributed by atoms with van der Waals surface area (Å²) in [4.78, 5) is 14.7. The Morgan fingerprint density at radius 1 is 1.13 bits per heavy atom. The van der Waals surface area contributed by atoms with Gasteiger partial charge in [0, 0.05) is 18.0 Å². The van der Waals surface area contributed by atoms with E-state index in [1.54, 1.807) is 5.56 Å². The molecular weight excluding hydrogens is 376 g/mol. The zero-order valence-electron chi connectivity index (χ0n) is 18.1. The number of ether oxygens (including phenoxy) is 1. The van der Waals surface area contributed by atoms with Gasteiger partial charge < -0.3 is 20.1 Å². The maximum Gasteiger partial charge on any atom is 0.252 e. The monoisotopic (exact) mass is 412 g/mol. The maximum atomic E-state index is 12.0. The molecule has 0 radical (unpaired) electrons. The standard InChI is InChI=1S/C25H36N2O3/c28-24(25(29)12-13-25)26-20-6-4-18(5-7-20)8-14-27-15-9-19(10-16-27)21-2-1-3-23-22(21)11-17-30-23/h1-3,18-20,29H,4-17H2,(H,26,28). The zero-order chi connectivity index (χ0) is 20.6. The number of amides is 1. The lowest BCUT2D eigenvalue weighted by atomic mass is 9.83. The molecule has 5 rings (SSSR count). The van der Waals surface area contributed by atoms with Crippen LogP contribution in [0.4, 0.5) is 0 Å². The van der Waals surface area contributed by atoms with Gasteiger partial charge in [-0.3, -0.25) is 4.79 Å². The van der Waals surface area contributed by atoms with Gasteiger partial charge in [0.15, 0.2) is 0 Å². The van der Waals surface area contributed by atoms with Gasteiger partial charge in [-0.25, -0.2) is 0 Å². The Morgan fingerprint density at radius 3 is 2.63 bits per heavy atom. The lowest BCUT2D eigenvalue weighted by Gasteiger charge is -2.35. The van der Waals surface area contributed by atoms with E-state index in [1.807, 2.05) is 0 Å². The van der Waals surface area contributed by atoms with Gasteiger partial charge in [-0.1, -0.05) is 12.1 Å². The predicted molar refractivity (Wildman–Crippen MR) is 117 cm³/mol. The van der Waals surface area contributed by atoms with Gasteiger partial charge in [-0.2, -0.15) is 0 Å². The van der Waals surface area contributed by atoms with Crippen LogP contribution >= 0.6 is 0 Å². The molecular formula is C25H36N2O3. The molecule has 2 saturated carbocycles. The van der Waals surface area contributed by atoms with E-state index in [9.17, 15) is 9.90 Å². The normalized spacial score (nSPS) is 28.6. The number of carbonyl (C=O) groups is 1. The van der Waals surface area contributed by atoms with Crippen LogP contribution in [0.5, 0.6) is 5.75 Å². The second-order valence-electron chi connectivity index (χ2n) is 10.0. The Bertz CT molecular complexity index is 760. The topological polar surface area (TPSA) is 61.8 Å². The molecule has 0 aromatic heterocycles. The van der Waals surface area contributed by atoms with Crippen molar-refractivity contribution >= 4 is 5.91 Å². The fourth-order valence-corrected chi connectivity index (χ4v) is 5.72. The molecule has 0 unspecified atom stereocenters. The second kappa shape index (κ2) is 8.51. The van der Waals surface area contributed by atoms with E-state index >= 15 is 0 Å². The van der Waals surface area contributed by atoms with Crippen LogP contribution in [0.15, 0.2) is 18.2 Å². The molecule has 2 heterocycles. The first kappa shape index (κ1) is 20.3. The van der Waals surface area contributed by atoms with Gasteiger partial charge in [0.25, 0.3) is 5.91 Å². The molecule has 0 spiro atoms. The quantitative estimate of drug-likeness (QED) is 0.752. The first-order chi connectivity index (χ1) is 14.6. The minimum Gasteiger partial charge on any atom is -0.493 e. The van der Waals surface area contributed by atoms with Crippen molar-refractivity contribution in [3.8, 4) is 5.75 Å². The highest BCUT2D eigenvalue weighted by Gasteiger charge is 2.48. The largest absolute Gasteiger partial charge is 0.493 e. The number of likely N-dealkylation sites (tertiary alicyclic amines) is 1. The molecule has 30 heavy (non-hydrogen) atoms. The molecule has 2 N–H and O–H groups in total. The van der Waals surface area contributed by atoms with Crippen molar-refractivity contribution in [2.75, 3.05) is 26.2 Å². The minimum absolute atomic E-state index is 0.135. The van der Waals surface area contributed by atoms with Crippen molar-refractivity contribution in [3.63, 3.8) is 0 Å². The van der Waals surface area contributed by atoms with E-state index < -0.39 is 5.60 Å². The summed E-state index contributed by atoms with van der Waals surface area (Å²) in [6.45, 7) is 4.47. The molecule has 4 aliphatic rings. The Balaban J connectivity index is 1.02. The van der Waals surface area contributed by atoms with Crippen molar-refractivity contribution in [2.45, 2.75) is 81.8 Å². The van der Waals surface area contributed by atoms with E-state index in [-0.39, 0.29) is 11.9 Å². The van der Waals surface area contributed by atoms with Crippen LogP contribution in [-0.4, -0.2) is 53.8 Å². The second-order valence-corrected chi connectivity index (χ2v) is 10.0. The van der Waals surface area contributed by atoms with Crippen molar-refractivity contribution in [1.29, 1.82) is 0 Å². The molecule has 1 saturated heterocycles. The highest BCUT2D eigenvalue weighted by Crippen LogP contribution is 2.38. The molecule has 5 heteroatoms. The SMILES string of the molecule is O=C(NC1CCC(CCN2CCC(c3cccc4c3CCO4)CC2)CC1)C1(O)CC1. The molecule has 1 aromatic rings. The molecule has 0 atom stereocenters. The molecule has 1 aromatic carbocycles. The summed E-state index contributed by atoms with van der Waals surface area (Å²) >= 11 is 0. The third kappa shape index (κ3) is 4.38. The first-order valence-electron chi connectivity index (χ1n) is 12.1. The third-order valence-corrected chi connectivity index (χ3v) is 7.99. The minimum atomic E-state index is -1.03. The van der Waals surface area contributed by atoms with E-state index in [1.165, 1.54) is 57.3 Å². The van der Waals surface area contributed by atoms with Crippen LogP contribution in [0, 0.1) is 5.92 Å². The van der Waals surface area contributed by atoms with Crippen molar-refractivity contribution in [2.24, 2.45) is 5.92 Å². The van der Waals surface area contributed by atoms with Gasteiger partial charge in [-0.05, 0) is 101 Å². The van der Waals surface area contributed by atoms with Crippen LogP contribution < -0.4 is 10.1 Å². The van der Waals surface area contributed by atoms with Crippen LogP contribution in [0.25, 0.3) is 0 Å². The number of rotatable bonds is 6. The fraction of sp³-hybridized carbons (Fsp3) is 0.720. The molecule has 5 nitrogen and oxygen atoms in total. The zero-order valence-corrected chi connectivity index (χ0v) is 18.1. The number of nitrogens with one attached hydrogen (secondary N) is 1. The Kier molecular flexibility index (Phi) is 5.76. The number of nitrogens with zero attached hydrogens (tertiary/aromatic N) is 1. The average molecular weight is 413 g/mol. The van der Waals surface area contributed by atoms with Crippen LogP contribution in [-0.2, 0) is 11.2 Å². The smallest absolute Gasteiger partial charge is 0.252 e. The van der Waals surface area contributed by atoms with Gasteiger partial charge in [0.2, 0.25) is 0 Å². The van der Waals surface area contributed by atoms with Gasteiger partial charge >= 0.3 is 0 Å². The number of piperidine rings is 1. The van der Waals surface area contributed by atoms with Crippen LogP contribution in [0.2, 0.25) is 0 Å². The number of carbonyl (C=O) groups excluding carboxylic acids is 1. The van der Waals surface area contributed by atoms with E-state index in [0.717, 1.165) is 37.5 Å². The van der Waals surface area contributed by atoms with Crippen LogP contribution in [0.1, 0.15) is 74.8 Å². The highest BCUT2D eigenvalue weighted by molar-refractivity contribution is 5.87. The van der Waals surface area contributed by atoms with Gasteiger partial charge in [0.05, 0.1) is 6.61 Å². The molecule has 3 fully saturated rings. The molecule has 2 aliphatic heterocycles. The first-order valence-corrected chi connectivity index (χ1v) is 12.1. The number of hydrogen-bond donors (Lipinski definition) is 2. The van der Waals surface area contributed by atoms with Crippen LogP contribution in [0.3, 0.4) is 0 Å². The van der Waals surface area contributed by atoms with E-state index in [4.69, 9.17) is 4.74 Å². The Morgan fingerprint density at radius 2 is 1.90 bits per heavy atom. The molecule has 2 aliphatic carbocycles. The van der Waals surface area contributed by atoms with E-state index in [2.05, 4.69) is 28.4 Å². The summed E-state index contributed by atoms with van der Waals surface area (Å²) < 4.78 is 5.76. The predicted octanol–water partition coefficient (Wildman–Crippen LogP) is 3.39. The summed E-state index contributed by atoms with van der Waals surface area (Å²) in [6.07, 6.45) is 10.7. The van der Waals surface area contributed by atoms with Crippen molar-refractivity contribution in [3.05, 3.63) is 29.3 Å². The summed E-state index contributed by atoms with van der Waals surface area (Å²) in [5.41, 5.74) is 1.98. The Hall–Kier alpha value is -1.59. The van der Waals surface area contributed by atoms with Crippen molar-refractivity contribution in [1.82, 2.24) is 10.2 Å². The number of aliphatic hydroxyl groups is 1. The number of hydrogen-bond acceptors (Lipinski definition) is 4. The molecule has 0 bridgehead atoms. The summed E-state index contributed by atoms with van der Waals surface area (Å²) in [5.74, 6) is 2.46. The maximum absolute atomic E-state index is 12.0. The molecule has 1 amide bonds. The molecule has 164 valence electrons. The number of fused-ring (bicyclic) bond motifs is 1. The van der Waals surface area contributed by atoms with Gasteiger partial charge in [-0.15, -0.1) is 0 Å². The summed E-state index contributed by atoms with van der Waals surface area (Å²) in [7, 11) is 0. The summed E-state index contributed by atoms with van der Waals surface area (Å²) in [6, 6.07) is 6.88. The third-order valence-electron chi connectivity index (χ3n) is 7.99. The fourth-order valence-electron chi connectivity index (χ4n) is 5.72. The summed E-state index contributed by atoms with van der Waals surface area (Å²) in [5, 5.41) is 13.0.